The summed E-state index contributed by atoms with van der Waals surface area (Å²) in [6.45, 7) is 6.93. The molecule has 1 aliphatic heterocycles. The van der Waals surface area contributed by atoms with Crippen LogP contribution < -0.4 is 21.6 Å². The highest BCUT2D eigenvalue weighted by Gasteiger charge is 2.52. The molecule has 3 heterocycles. The number of pyridine rings is 1. The summed E-state index contributed by atoms with van der Waals surface area (Å²) < 4.78 is 14.0. The molecule has 216 valence electrons. The second-order valence-electron chi connectivity index (χ2n) is 12.0. The van der Waals surface area contributed by atoms with Crippen molar-refractivity contribution < 1.29 is 4.39 Å². The van der Waals surface area contributed by atoms with Crippen molar-refractivity contribution in [2.75, 3.05) is 17.2 Å². The van der Waals surface area contributed by atoms with Crippen LogP contribution in [0, 0.1) is 33.9 Å². The summed E-state index contributed by atoms with van der Waals surface area (Å²) in [5.74, 6) is -0.336. The second kappa shape index (κ2) is 10.9. The van der Waals surface area contributed by atoms with E-state index in [9.17, 15) is 14.9 Å². The maximum absolute atomic E-state index is 14.0. The van der Waals surface area contributed by atoms with Crippen LogP contribution in [-0.2, 0) is 5.54 Å². The normalized spacial score (nSPS) is 16.0. The molecule has 10 nitrogen and oxygen atoms in total. The standard InChI is InChI=1S/C32H31FN10/c1-31(2,3)19-39-29-22(15-35)16-38-28-21(14-34)12-24(13-25(28)29)40-30(20-4-6-23(33)7-5-20)26-18-43(42-41-26)32(8-9-32)27-17-36-10-11-37-27/h4-7,10-13,16-18,30,40-42H,8-9,19H2,1-3H3,(H,38,39)/t30-/m0/s1. The minimum Gasteiger partial charge on any atom is -0.383 e. The molecule has 0 spiro atoms. The average molecular weight is 575 g/mol. The van der Waals surface area contributed by atoms with Crippen molar-refractivity contribution in [1.82, 2.24) is 30.9 Å². The number of hydrogen-bond acceptors (Lipinski definition) is 10. The Kier molecular flexibility index (Phi) is 7.04. The molecular weight excluding hydrogens is 543 g/mol. The minimum absolute atomic E-state index is 0.0480. The quantitative estimate of drug-likeness (QED) is 0.217. The summed E-state index contributed by atoms with van der Waals surface area (Å²) in [4.78, 5) is 13.3. The predicted octanol–water partition coefficient (Wildman–Crippen LogP) is 5.37. The van der Waals surface area contributed by atoms with Crippen LogP contribution in [0.2, 0.25) is 0 Å². The molecule has 2 aromatic carbocycles. The number of halogens is 1. The fourth-order valence-corrected chi connectivity index (χ4v) is 5.25. The lowest BCUT2D eigenvalue weighted by atomic mass is 9.96. The van der Waals surface area contributed by atoms with Gasteiger partial charge >= 0.3 is 0 Å². The Morgan fingerprint density at radius 2 is 1.81 bits per heavy atom. The first-order chi connectivity index (χ1) is 20.7. The second-order valence-corrected chi connectivity index (χ2v) is 12.0. The monoisotopic (exact) mass is 574 g/mol. The van der Waals surface area contributed by atoms with Crippen LogP contribution in [0.1, 0.15) is 62.0 Å². The summed E-state index contributed by atoms with van der Waals surface area (Å²) in [7, 11) is 0. The predicted molar refractivity (Wildman–Crippen MR) is 161 cm³/mol. The Morgan fingerprint density at radius 3 is 2.47 bits per heavy atom. The molecule has 0 bridgehead atoms. The molecule has 11 heteroatoms. The van der Waals surface area contributed by atoms with E-state index in [1.165, 1.54) is 18.3 Å². The zero-order valence-corrected chi connectivity index (χ0v) is 24.1. The van der Waals surface area contributed by atoms with E-state index in [2.05, 4.69) is 69.5 Å². The van der Waals surface area contributed by atoms with Crippen molar-refractivity contribution in [3.05, 3.63) is 101 Å². The number of nitrogens with zero attached hydrogens (tertiary/aromatic N) is 6. The highest BCUT2D eigenvalue weighted by molar-refractivity contribution is 5.99. The van der Waals surface area contributed by atoms with Gasteiger partial charge in [-0.05, 0) is 48.1 Å². The zero-order chi connectivity index (χ0) is 30.2. The highest BCUT2D eigenvalue weighted by Crippen LogP contribution is 2.50. The summed E-state index contributed by atoms with van der Waals surface area (Å²) in [6.07, 6.45) is 10.4. The van der Waals surface area contributed by atoms with E-state index in [1.807, 2.05) is 17.3 Å². The van der Waals surface area contributed by atoms with Gasteiger partial charge in [-0.3, -0.25) is 20.0 Å². The largest absolute Gasteiger partial charge is 0.383 e. The third kappa shape index (κ3) is 5.51. The number of benzene rings is 2. The van der Waals surface area contributed by atoms with Gasteiger partial charge in [0.05, 0.1) is 46.0 Å². The van der Waals surface area contributed by atoms with E-state index in [0.29, 0.717) is 39.9 Å². The van der Waals surface area contributed by atoms with Gasteiger partial charge < -0.3 is 16.1 Å². The molecule has 6 rings (SSSR count). The average Bonchev–Trinajstić information content (AvgIpc) is 3.68. The fraction of sp³-hybridized carbons (Fsp3) is 0.281. The van der Waals surface area contributed by atoms with Gasteiger partial charge in [-0.15, -0.1) is 5.53 Å². The summed E-state index contributed by atoms with van der Waals surface area (Å²) in [5, 5.41) is 29.6. The van der Waals surface area contributed by atoms with Gasteiger partial charge in [-0.2, -0.15) is 10.5 Å². The van der Waals surface area contributed by atoms with Crippen LogP contribution in [0.5, 0.6) is 0 Å². The molecule has 0 saturated heterocycles. The Bertz CT molecular complexity index is 1780. The molecule has 0 radical (unpaired) electrons. The van der Waals surface area contributed by atoms with Gasteiger partial charge in [0, 0.05) is 42.4 Å². The SMILES string of the molecule is CC(C)(C)CNc1c(C#N)cnc2c(C#N)cc(N[C@H](C3=CN(C4(c5cnccn5)CC4)NN3)c3ccc(F)cc3)cc12. The lowest BCUT2D eigenvalue weighted by Crippen LogP contribution is -2.44. The molecule has 1 atom stereocenters. The highest BCUT2D eigenvalue weighted by atomic mass is 19.1. The van der Waals surface area contributed by atoms with Crippen molar-refractivity contribution in [3.63, 3.8) is 0 Å². The van der Waals surface area contributed by atoms with Crippen LogP contribution in [0.15, 0.2) is 73.1 Å². The molecule has 2 aromatic heterocycles. The maximum Gasteiger partial charge on any atom is 0.123 e. The number of aromatic nitrogens is 3. The van der Waals surface area contributed by atoms with E-state index in [0.717, 1.165) is 29.8 Å². The van der Waals surface area contributed by atoms with Crippen molar-refractivity contribution >= 4 is 22.3 Å². The third-order valence-electron chi connectivity index (χ3n) is 7.65. The number of nitrogens with one attached hydrogen (secondary N) is 4. The van der Waals surface area contributed by atoms with Crippen molar-refractivity contribution in [2.45, 2.75) is 45.2 Å². The van der Waals surface area contributed by atoms with Crippen LogP contribution in [0.25, 0.3) is 10.9 Å². The molecule has 0 unspecified atom stereocenters. The van der Waals surface area contributed by atoms with Crippen LogP contribution in [-0.4, -0.2) is 26.5 Å². The van der Waals surface area contributed by atoms with E-state index >= 15 is 0 Å². The first kappa shape index (κ1) is 27.9. The van der Waals surface area contributed by atoms with Crippen molar-refractivity contribution in [3.8, 4) is 12.1 Å². The molecule has 1 saturated carbocycles. The number of anilines is 2. The number of hydrazine groups is 2. The fourth-order valence-electron chi connectivity index (χ4n) is 5.25. The summed E-state index contributed by atoms with van der Waals surface area (Å²) in [6, 6.07) is 14.0. The molecule has 1 fully saturated rings. The van der Waals surface area contributed by atoms with E-state index in [1.54, 1.807) is 36.8 Å². The van der Waals surface area contributed by atoms with E-state index in [-0.39, 0.29) is 16.8 Å². The van der Waals surface area contributed by atoms with Crippen LogP contribution in [0.4, 0.5) is 15.8 Å². The van der Waals surface area contributed by atoms with Gasteiger partial charge in [-0.25, -0.2) is 4.39 Å². The number of hydrogen-bond donors (Lipinski definition) is 4. The first-order valence-electron chi connectivity index (χ1n) is 14.0. The van der Waals surface area contributed by atoms with Gasteiger partial charge in [0.2, 0.25) is 0 Å². The maximum atomic E-state index is 14.0. The van der Waals surface area contributed by atoms with Crippen molar-refractivity contribution in [2.24, 2.45) is 5.41 Å². The van der Waals surface area contributed by atoms with E-state index in [4.69, 9.17) is 0 Å². The van der Waals surface area contributed by atoms with Gasteiger partial charge in [0.25, 0.3) is 0 Å². The molecule has 1 aliphatic carbocycles. The molecule has 4 aromatic rings. The minimum atomic E-state index is -0.446. The summed E-state index contributed by atoms with van der Waals surface area (Å²) >= 11 is 0. The molecular formula is C32H31FN10. The zero-order valence-electron chi connectivity index (χ0n) is 24.1. The number of rotatable bonds is 8. The van der Waals surface area contributed by atoms with Crippen LogP contribution in [0.3, 0.4) is 0 Å². The lowest BCUT2D eigenvalue weighted by molar-refractivity contribution is 0.172. The third-order valence-corrected chi connectivity index (χ3v) is 7.65. The number of fused-ring (bicyclic) bond motifs is 1. The Balaban J connectivity index is 1.41. The summed E-state index contributed by atoms with van der Waals surface area (Å²) in [5.41, 5.74) is 11.2. The number of nitriles is 2. The molecule has 0 amide bonds. The smallest absolute Gasteiger partial charge is 0.123 e. The molecule has 4 N–H and O–H groups in total. The Morgan fingerprint density at radius 1 is 1.05 bits per heavy atom. The first-order valence-corrected chi connectivity index (χ1v) is 14.0. The van der Waals surface area contributed by atoms with Crippen LogP contribution >= 0.6 is 0 Å². The topological polar surface area (TPSA) is 138 Å². The van der Waals surface area contributed by atoms with Gasteiger partial charge in [0.1, 0.15) is 23.5 Å². The lowest BCUT2D eigenvalue weighted by Gasteiger charge is -2.25. The van der Waals surface area contributed by atoms with Gasteiger partial charge in [0.15, 0.2) is 0 Å². The molecule has 43 heavy (non-hydrogen) atoms. The van der Waals surface area contributed by atoms with E-state index < -0.39 is 6.04 Å². The van der Waals surface area contributed by atoms with Crippen molar-refractivity contribution in [1.29, 1.82) is 10.5 Å². The van der Waals surface area contributed by atoms with Gasteiger partial charge in [-0.1, -0.05) is 32.9 Å². The Labute approximate surface area is 249 Å². The Hall–Kier alpha value is -5.26. The molecule has 2 aliphatic rings.